The maximum Gasteiger partial charge on any atom is 0.200 e. The Kier molecular flexibility index (Phi) is 6.68. The van der Waals surface area contributed by atoms with Crippen LogP contribution in [0.15, 0.2) is 0 Å². The molecule has 0 fully saturated rings. The van der Waals surface area contributed by atoms with Gasteiger partial charge in [-0.3, -0.25) is 0 Å². The van der Waals surface area contributed by atoms with Crippen molar-refractivity contribution in [3.8, 4) is 33.6 Å². The molecule has 18 heteroatoms. The summed E-state index contributed by atoms with van der Waals surface area (Å²) in [6.45, 7) is 0. The van der Waals surface area contributed by atoms with Crippen molar-refractivity contribution < 1.29 is 65.9 Å². The van der Waals surface area contributed by atoms with Crippen molar-refractivity contribution in [1.29, 1.82) is 0 Å². The van der Waals surface area contributed by atoms with Crippen LogP contribution in [0.2, 0.25) is 0 Å². The fourth-order valence-electron chi connectivity index (χ4n) is 3.36. The maximum atomic E-state index is 14.7. The van der Waals surface area contributed by atoms with Crippen LogP contribution in [0.25, 0.3) is 33.6 Å². The van der Waals surface area contributed by atoms with Crippen LogP contribution in [-0.2, 0) is 0 Å². The summed E-state index contributed by atoms with van der Waals surface area (Å²) in [6, 6.07) is 0. The van der Waals surface area contributed by atoms with E-state index in [1.807, 2.05) is 0 Å². The molecule has 204 valence electrons. The number of aromatic nitrogens is 3. The van der Waals surface area contributed by atoms with Crippen molar-refractivity contribution in [2.75, 3.05) is 0 Å². The lowest BCUT2D eigenvalue weighted by Crippen LogP contribution is -2.13. The molecule has 3 aromatic carbocycles. The average molecular weight is 579 g/mol. The molecule has 0 amide bonds. The normalized spacial score (nSPS) is 11.5. The summed E-state index contributed by atoms with van der Waals surface area (Å²) in [5.41, 5.74) is -13.4. The third-order valence-corrected chi connectivity index (χ3v) is 5.12. The van der Waals surface area contributed by atoms with Crippen molar-refractivity contribution in [2.24, 2.45) is 0 Å². The summed E-state index contributed by atoms with van der Waals surface area (Å²) < 4.78 is 212. The zero-order valence-electron chi connectivity index (χ0n) is 17.5. The number of nitrogens with zero attached hydrogens (tertiary/aromatic N) is 3. The Balaban J connectivity index is 2.34. The second-order valence-corrected chi connectivity index (χ2v) is 7.20. The molecule has 1 aromatic heterocycles. The van der Waals surface area contributed by atoms with Crippen LogP contribution in [-0.4, -0.2) is 15.4 Å². The maximum absolute atomic E-state index is 14.7. The smallest absolute Gasteiger partial charge is 0.200 e. The predicted molar refractivity (Wildman–Crippen MR) is 95.5 cm³/mol. The molecule has 4 rings (SSSR count). The van der Waals surface area contributed by atoms with E-state index in [-0.39, 0.29) is 0 Å². The molecule has 3 nitrogen and oxygen atoms in total. The topological polar surface area (TPSA) is 38.7 Å². The Hall–Kier alpha value is -4.38. The molecular formula is C21F15N3. The fraction of sp³-hybridized carbons (Fsp3) is 0. The van der Waals surface area contributed by atoms with Gasteiger partial charge < -0.3 is 0 Å². The summed E-state index contributed by atoms with van der Waals surface area (Å²) in [5.74, 6) is -42.6. The summed E-state index contributed by atoms with van der Waals surface area (Å²) in [4.78, 5) is 0. The van der Waals surface area contributed by atoms with E-state index in [1.54, 1.807) is 0 Å². The molecule has 39 heavy (non-hydrogen) atoms. The van der Waals surface area contributed by atoms with Crippen LogP contribution in [0.1, 0.15) is 0 Å². The fourth-order valence-corrected chi connectivity index (χ4v) is 3.36. The molecule has 4 aromatic rings. The Labute approximate surface area is 203 Å². The van der Waals surface area contributed by atoms with Crippen molar-refractivity contribution in [3.63, 3.8) is 0 Å². The van der Waals surface area contributed by atoms with Crippen molar-refractivity contribution >= 4 is 0 Å². The lowest BCUT2D eigenvalue weighted by atomic mass is 9.92. The summed E-state index contributed by atoms with van der Waals surface area (Å²) in [6.07, 6.45) is 0. The zero-order chi connectivity index (χ0) is 29.2. The first kappa shape index (κ1) is 27.6. The summed E-state index contributed by atoms with van der Waals surface area (Å²) in [7, 11) is 0. The summed E-state index contributed by atoms with van der Waals surface area (Å²) in [5, 5.41) is 8.13. The highest BCUT2D eigenvalue weighted by atomic mass is 19.2. The van der Waals surface area contributed by atoms with Crippen molar-refractivity contribution in [2.45, 2.75) is 0 Å². The number of hydrogen-bond acceptors (Lipinski definition) is 3. The minimum Gasteiger partial charge on any atom is -0.203 e. The van der Waals surface area contributed by atoms with E-state index in [0.717, 1.165) is 0 Å². The van der Waals surface area contributed by atoms with Crippen LogP contribution < -0.4 is 0 Å². The van der Waals surface area contributed by atoms with Gasteiger partial charge >= 0.3 is 0 Å². The van der Waals surface area contributed by atoms with E-state index in [2.05, 4.69) is 15.4 Å². The van der Waals surface area contributed by atoms with Crippen LogP contribution in [0.3, 0.4) is 0 Å². The second-order valence-electron chi connectivity index (χ2n) is 7.20. The molecule has 0 radical (unpaired) electrons. The molecule has 0 spiro atoms. The standard InChI is InChI=1S/C21F15N3/c22-5-1(6(23)12(29)17(34)11(5)28)2-20(3-7(24)13(30)18(35)14(31)8(3)25)37-39-38-21(2)4-9(26)15(32)19(36)16(33)10(4)27. The van der Waals surface area contributed by atoms with E-state index in [9.17, 15) is 65.9 Å². The van der Waals surface area contributed by atoms with Gasteiger partial charge in [0.25, 0.3) is 0 Å². The Morgan fingerprint density at radius 2 is 0.436 bits per heavy atom. The first-order valence-electron chi connectivity index (χ1n) is 9.43. The molecule has 0 unspecified atom stereocenters. The first-order chi connectivity index (χ1) is 18.1. The molecule has 0 aliphatic rings. The van der Waals surface area contributed by atoms with Gasteiger partial charge in [0.15, 0.2) is 69.8 Å². The van der Waals surface area contributed by atoms with Crippen molar-refractivity contribution in [3.05, 3.63) is 87.3 Å². The van der Waals surface area contributed by atoms with Gasteiger partial charge in [-0.05, 0) is 5.21 Å². The monoisotopic (exact) mass is 579 g/mol. The molecule has 0 aliphatic carbocycles. The van der Waals surface area contributed by atoms with E-state index < -0.39 is 121 Å². The van der Waals surface area contributed by atoms with E-state index in [0.29, 0.717) is 0 Å². The van der Waals surface area contributed by atoms with Gasteiger partial charge in [-0.1, -0.05) is 0 Å². The molecular weight excluding hydrogens is 579 g/mol. The molecule has 0 N–H and O–H groups in total. The molecule has 0 atom stereocenters. The van der Waals surface area contributed by atoms with Gasteiger partial charge in [0.05, 0.1) is 16.7 Å². The average Bonchev–Trinajstić information content (AvgIpc) is 2.92. The SMILES string of the molecule is Fc1c(F)c(F)c(-c2nnnc(-c3c(F)c(F)c(F)c(F)c3F)c2-c2c(F)c(F)c(F)c(F)c2F)c(F)c1F. The van der Waals surface area contributed by atoms with Gasteiger partial charge in [0, 0.05) is 5.56 Å². The van der Waals surface area contributed by atoms with Crippen molar-refractivity contribution in [1.82, 2.24) is 15.4 Å². The highest BCUT2D eigenvalue weighted by Gasteiger charge is 2.38. The number of rotatable bonds is 3. The van der Waals surface area contributed by atoms with Crippen LogP contribution >= 0.6 is 0 Å². The molecule has 1 heterocycles. The third-order valence-electron chi connectivity index (χ3n) is 5.12. The lowest BCUT2D eigenvalue weighted by molar-refractivity contribution is 0.379. The quantitative estimate of drug-likeness (QED) is 0.150. The third kappa shape index (κ3) is 3.84. The van der Waals surface area contributed by atoms with E-state index in [4.69, 9.17) is 0 Å². The molecule has 0 aliphatic heterocycles. The van der Waals surface area contributed by atoms with E-state index >= 15 is 0 Å². The lowest BCUT2D eigenvalue weighted by Gasteiger charge is -2.17. The molecule has 0 saturated carbocycles. The largest absolute Gasteiger partial charge is 0.203 e. The highest BCUT2D eigenvalue weighted by molar-refractivity contribution is 5.91. The minimum atomic E-state index is -2.91. The Bertz CT molecular complexity index is 1550. The summed E-state index contributed by atoms with van der Waals surface area (Å²) >= 11 is 0. The van der Waals surface area contributed by atoms with Gasteiger partial charge in [0.1, 0.15) is 11.4 Å². The highest BCUT2D eigenvalue weighted by Crippen LogP contribution is 2.45. The van der Waals surface area contributed by atoms with Gasteiger partial charge in [-0.25, -0.2) is 65.9 Å². The second kappa shape index (κ2) is 9.42. The van der Waals surface area contributed by atoms with Crippen LogP contribution in [0.4, 0.5) is 65.9 Å². The first-order valence-corrected chi connectivity index (χ1v) is 9.43. The minimum absolute atomic E-state index is 2.07. The number of halogens is 15. The van der Waals surface area contributed by atoms with Gasteiger partial charge in [-0.15, -0.1) is 10.2 Å². The van der Waals surface area contributed by atoms with E-state index in [1.165, 1.54) is 0 Å². The Morgan fingerprint density at radius 3 is 0.692 bits per heavy atom. The van der Waals surface area contributed by atoms with Crippen LogP contribution in [0, 0.1) is 87.3 Å². The number of hydrogen-bond donors (Lipinski definition) is 0. The van der Waals surface area contributed by atoms with Gasteiger partial charge in [-0.2, -0.15) is 0 Å². The zero-order valence-corrected chi connectivity index (χ0v) is 17.5. The van der Waals surface area contributed by atoms with Crippen LogP contribution in [0.5, 0.6) is 0 Å². The Morgan fingerprint density at radius 1 is 0.231 bits per heavy atom. The molecule has 0 saturated heterocycles. The molecule has 0 bridgehead atoms. The van der Waals surface area contributed by atoms with Gasteiger partial charge in [0.2, 0.25) is 17.5 Å². The number of benzene rings is 3. The predicted octanol–water partition coefficient (Wildman–Crippen LogP) is 6.96.